The molecule has 8 nitrogen and oxygen atoms in total. The number of nitrogens with one attached hydrogen (secondary N) is 2. The van der Waals surface area contributed by atoms with Gasteiger partial charge in [0.15, 0.2) is 5.11 Å². The molecule has 1 aliphatic heterocycles. The SMILES string of the molecule is CCOC(=O)c1c(NC(=S)NC(=O)CN2C(=O)[C@@H]3[C@H](C2=O)[C@H]2C=C[C@H]3C2)sc2c1CCCC2. The van der Waals surface area contributed by atoms with Crippen LogP contribution < -0.4 is 10.6 Å². The van der Waals surface area contributed by atoms with Gasteiger partial charge in [0, 0.05) is 4.88 Å². The smallest absolute Gasteiger partial charge is 0.341 e. The van der Waals surface area contributed by atoms with Crippen molar-refractivity contribution in [2.24, 2.45) is 23.7 Å². The Kier molecular flexibility index (Phi) is 5.82. The van der Waals surface area contributed by atoms with Crippen LogP contribution >= 0.6 is 23.6 Å². The minimum atomic E-state index is -0.548. The topological polar surface area (TPSA) is 105 Å². The molecular formula is C23H25N3O5S2. The standard InChI is InChI=1S/C23H25N3O5S2/c1-2-31-22(30)18-13-5-3-4-6-14(13)33-19(18)25-23(32)24-15(27)10-26-20(28)16-11-7-8-12(9-11)17(16)21(26)29/h7-8,11-12,16-17H,2-6,9-10H2,1H3,(H2,24,25,27,32)/t11-,12-,16-,17+/m0/s1. The second kappa shape index (κ2) is 8.64. The van der Waals surface area contributed by atoms with E-state index in [0.29, 0.717) is 10.6 Å². The molecule has 3 amide bonds. The van der Waals surface area contributed by atoms with Gasteiger partial charge in [-0.25, -0.2) is 4.79 Å². The Morgan fingerprint density at radius 3 is 2.48 bits per heavy atom. The fourth-order valence-electron chi connectivity index (χ4n) is 5.64. The summed E-state index contributed by atoms with van der Waals surface area (Å²) in [4.78, 5) is 53.0. The lowest BCUT2D eigenvalue weighted by molar-refractivity contribution is -0.144. The van der Waals surface area contributed by atoms with Crippen molar-refractivity contribution in [3.8, 4) is 0 Å². The molecule has 1 aromatic rings. The summed E-state index contributed by atoms with van der Waals surface area (Å²) >= 11 is 6.75. The Balaban J connectivity index is 1.24. The van der Waals surface area contributed by atoms with E-state index in [1.807, 2.05) is 12.2 Å². The Hall–Kier alpha value is -2.59. The number of esters is 1. The first-order chi connectivity index (χ1) is 15.9. The number of carbonyl (C=O) groups is 4. The van der Waals surface area contributed by atoms with E-state index >= 15 is 0 Å². The highest BCUT2D eigenvalue weighted by molar-refractivity contribution is 7.80. The third-order valence-electron chi connectivity index (χ3n) is 6.99. The number of carbonyl (C=O) groups excluding carboxylic acids is 4. The van der Waals surface area contributed by atoms with Gasteiger partial charge in [-0.1, -0.05) is 12.2 Å². The fraction of sp³-hybridized carbons (Fsp3) is 0.522. The van der Waals surface area contributed by atoms with E-state index in [1.54, 1.807) is 6.92 Å². The fourth-order valence-corrected chi connectivity index (χ4v) is 7.20. The first kappa shape index (κ1) is 22.2. The Morgan fingerprint density at radius 2 is 1.82 bits per heavy atom. The van der Waals surface area contributed by atoms with Gasteiger partial charge in [0.05, 0.1) is 24.0 Å². The van der Waals surface area contributed by atoms with Crippen LogP contribution in [0.2, 0.25) is 0 Å². The second-order valence-electron chi connectivity index (χ2n) is 8.90. The van der Waals surface area contributed by atoms with Crippen molar-refractivity contribution in [2.45, 2.75) is 39.0 Å². The van der Waals surface area contributed by atoms with Crippen molar-refractivity contribution >= 4 is 57.4 Å². The molecule has 0 spiro atoms. The monoisotopic (exact) mass is 487 g/mol. The third kappa shape index (κ3) is 3.78. The largest absolute Gasteiger partial charge is 0.462 e. The molecule has 1 saturated heterocycles. The molecule has 0 aromatic carbocycles. The van der Waals surface area contributed by atoms with E-state index in [9.17, 15) is 19.2 Å². The maximum absolute atomic E-state index is 12.8. The predicted octanol–water partition coefficient (Wildman–Crippen LogP) is 2.42. The molecule has 10 heteroatoms. The van der Waals surface area contributed by atoms with Gasteiger partial charge in [0.1, 0.15) is 11.5 Å². The molecule has 5 rings (SSSR count). The van der Waals surface area contributed by atoms with Gasteiger partial charge in [0.25, 0.3) is 0 Å². The van der Waals surface area contributed by atoms with Gasteiger partial charge in [-0.05, 0) is 68.6 Å². The maximum Gasteiger partial charge on any atom is 0.341 e. The molecule has 0 unspecified atom stereocenters. The van der Waals surface area contributed by atoms with Crippen LogP contribution in [0.1, 0.15) is 47.0 Å². The van der Waals surface area contributed by atoms with Gasteiger partial charge in [-0.15, -0.1) is 11.3 Å². The third-order valence-corrected chi connectivity index (χ3v) is 8.41. The number of fused-ring (bicyclic) bond motifs is 6. The highest BCUT2D eigenvalue weighted by Crippen LogP contribution is 2.52. The molecule has 4 aliphatic rings. The molecule has 2 fully saturated rings. The van der Waals surface area contributed by atoms with Gasteiger partial charge >= 0.3 is 5.97 Å². The molecule has 4 atom stereocenters. The summed E-state index contributed by atoms with van der Waals surface area (Å²) in [5.74, 6) is -1.98. The Bertz CT molecular complexity index is 1060. The van der Waals surface area contributed by atoms with Crippen molar-refractivity contribution in [3.63, 3.8) is 0 Å². The zero-order valence-corrected chi connectivity index (χ0v) is 19.9. The van der Waals surface area contributed by atoms with Gasteiger partial charge < -0.3 is 15.4 Å². The molecule has 1 saturated carbocycles. The number of thiophene rings is 1. The van der Waals surface area contributed by atoms with Gasteiger partial charge in [-0.2, -0.15) is 0 Å². The van der Waals surface area contributed by atoms with Crippen LogP contribution in [0.5, 0.6) is 0 Å². The number of imide groups is 1. The van der Waals surface area contributed by atoms with E-state index in [2.05, 4.69) is 10.6 Å². The summed E-state index contributed by atoms with van der Waals surface area (Å²) in [6.45, 7) is 1.66. The highest BCUT2D eigenvalue weighted by atomic mass is 32.1. The lowest BCUT2D eigenvalue weighted by Gasteiger charge is -2.17. The normalized spacial score (nSPS) is 26.9. The van der Waals surface area contributed by atoms with Crippen LogP contribution in [0.25, 0.3) is 0 Å². The van der Waals surface area contributed by atoms with Gasteiger partial charge in [0.2, 0.25) is 17.7 Å². The molecule has 2 bridgehead atoms. The number of thiocarbonyl (C=S) groups is 1. The number of allylic oxidation sites excluding steroid dienone is 2. The minimum absolute atomic E-state index is 0.0187. The summed E-state index contributed by atoms with van der Waals surface area (Å²) in [6.07, 6.45) is 8.64. The Morgan fingerprint density at radius 1 is 1.15 bits per heavy atom. The number of anilines is 1. The molecule has 3 aliphatic carbocycles. The van der Waals surface area contributed by atoms with E-state index in [0.717, 1.165) is 47.4 Å². The van der Waals surface area contributed by atoms with Gasteiger partial charge in [-0.3, -0.25) is 19.3 Å². The number of rotatable bonds is 5. The van der Waals surface area contributed by atoms with Crippen LogP contribution in [0.4, 0.5) is 5.00 Å². The van der Waals surface area contributed by atoms with Crippen molar-refractivity contribution < 1.29 is 23.9 Å². The lowest BCUT2D eigenvalue weighted by Crippen LogP contribution is -2.44. The number of likely N-dealkylation sites (tertiary alicyclic amines) is 1. The zero-order chi connectivity index (χ0) is 23.3. The minimum Gasteiger partial charge on any atom is -0.462 e. The first-order valence-corrected chi connectivity index (χ1v) is 12.6. The summed E-state index contributed by atoms with van der Waals surface area (Å²) in [6, 6.07) is 0. The lowest BCUT2D eigenvalue weighted by atomic mass is 9.85. The zero-order valence-electron chi connectivity index (χ0n) is 18.2. The molecule has 0 radical (unpaired) electrons. The van der Waals surface area contributed by atoms with Crippen LogP contribution in [0, 0.1) is 23.7 Å². The van der Waals surface area contributed by atoms with Crippen LogP contribution in [0.15, 0.2) is 12.2 Å². The number of amides is 3. The van der Waals surface area contributed by atoms with E-state index in [-0.39, 0.29) is 53.8 Å². The average molecular weight is 488 g/mol. The molecule has 174 valence electrons. The van der Waals surface area contributed by atoms with Crippen LogP contribution in [0.3, 0.4) is 0 Å². The number of ether oxygens (including phenoxy) is 1. The molecule has 33 heavy (non-hydrogen) atoms. The summed E-state index contributed by atoms with van der Waals surface area (Å²) in [7, 11) is 0. The molecule has 2 heterocycles. The molecular weight excluding hydrogens is 462 g/mol. The second-order valence-corrected chi connectivity index (χ2v) is 10.4. The summed E-state index contributed by atoms with van der Waals surface area (Å²) < 4.78 is 5.24. The highest BCUT2D eigenvalue weighted by Gasteiger charge is 2.59. The predicted molar refractivity (Wildman–Crippen MR) is 126 cm³/mol. The summed E-state index contributed by atoms with van der Waals surface area (Å²) in [5.41, 5.74) is 1.47. The maximum atomic E-state index is 12.8. The Labute approximate surface area is 200 Å². The number of hydrogen-bond donors (Lipinski definition) is 2. The average Bonchev–Trinajstić information content (AvgIpc) is 3.52. The first-order valence-electron chi connectivity index (χ1n) is 11.3. The molecule has 2 N–H and O–H groups in total. The number of nitrogens with zero attached hydrogens (tertiary/aromatic N) is 1. The summed E-state index contributed by atoms with van der Waals surface area (Å²) in [5, 5.41) is 6.09. The number of hydrogen-bond acceptors (Lipinski definition) is 7. The number of aryl methyl sites for hydroxylation is 1. The quantitative estimate of drug-likeness (QED) is 0.284. The van der Waals surface area contributed by atoms with Crippen molar-refractivity contribution in [3.05, 3.63) is 28.2 Å². The van der Waals surface area contributed by atoms with Crippen molar-refractivity contribution in [1.29, 1.82) is 0 Å². The van der Waals surface area contributed by atoms with E-state index in [4.69, 9.17) is 17.0 Å². The van der Waals surface area contributed by atoms with Crippen LogP contribution in [-0.2, 0) is 32.0 Å². The van der Waals surface area contributed by atoms with E-state index < -0.39 is 11.9 Å². The van der Waals surface area contributed by atoms with Crippen molar-refractivity contribution in [2.75, 3.05) is 18.5 Å². The van der Waals surface area contributed by atoms with E-state index in [1.165, 1.54) is 11.3 Å². The molecule has 1 aromatic heterocycles. The van der Waals surface area contributed by atoms with Crippen molar-refractivity contribution in [1.82, 2.24) is 10.2 Å². The van der Waals surface area contributed by atoms with Crippen LogP contribution in [-0.4, -0.2) is 46.9 Å².